The minimum absolute atomic E-state index is 0.0921. The summed E-state index contributed by atoms with van der Waals surface area (Å²) in [5.74, 6) is -0.248. The molecule has 0 aromatic heterocycles. The quantitative estimate of drug-likeness (QED) is 0.650. The summed E-state index contributed by atoms with van der Waals surface area (Å²) in [5, 5.41) is 3.34. The van der Waals surface area contributed by atoms with Gasteiger partial charge in [0.2, 0.25) is 5.91 Å². The highest BCUT2D eigenvalue weighted by atomic mass is 16.1. The smallest absolute Gasteiger partial charge is 0.218 e. The van der Waals surface area contributed by atoms with E-state index in [4.69, 9.17) is 5.73 Å². The van der Waals surface area contributed by atoms with E-state index >= 15 is 0 Å². The number of hydrogen-bond acceptors (Lipinski definition) is 2. The molecule has 0 aromatic rings. The first-order valence-electron chi connectivity index (χ1n) is 4.43. The van der Waals surface area contributed by atoms with Crippen molar-refractivity contribution < 1.29 is 4.79 Å². The van der Waals surface area contributed by atoms with E-state index in [1.165, 1.54) is 0 Å². The Morgan fingerprint density at radius 2 is 2.08 bits per heavy atom. The highest BCUT2D eigenvalue weighted by molar-refractivity contribution is 5.74. The summed E-state index contributed by atoms with van der Waals surface area (Å²) in [7, 11) is 0. The average molecular weight is 172 g/mol. The lowest BCUT2D eigenvalue weighted by atomic mass is 10.00. The number of carbonyl (C=O) groups excluding carboxylic acids is 1. The molecule has 1 unspecified atom stereocenters. The third-order valence-electron chi connectivity index (χ3n) is 2.03. The van der Waals surface area contributed by atoms with Gasteiger partial charge in [-0.3, -0.25) is 4.79 Å². The van der Waals surface area contributed by atoms with Crippen LogP contribution >= 0.6 is 0 Å². The van der Waals surface area contributed by atoms with Gasteiger partial charge in [0.05, 0.1) is 0 Å². The van der Waals surface area contributed by atoms with Crippen LogP contribution in [-0.2, 0) is 4.79 Å². The van der Waals surface area contributed by atoms with Crippen molar-refractivity contribution in [3.8, 4) is 0 Å². The van der Waals surface area contributed by atoms with E-state index < -0.39 is 0 Å². The van der Waals surface area contributed by atoms with Gasteiger partial charge >= 0.3 is 0 Å². The molecule has 0 aromatic carbocycles. The monoisotopic (exact) mass is 172 g/mol. The fraction of sp³-hybridized carbons (Fsp3) is 0.889. The molecule has 0 saturated heterocycles. The Morgan fingerprint density at radius 1 is 1.58 bits per heavy atom. The molecule has 0 saturated carbocycles. The Hall–Kier alpha value is -0.570. The largest absolute Gasteiger partial charge is 0.370 e. The van der Waals surface area contributed by atoms with E-state index in [-0.39, 0.29) is 17.5 Å². The van der Waals surface area contributed by atoms with E-state index in [1.807, 2.05) is 6.92 Å². The van der Waals surface area contributed by atoms with Crippen molar-refractivity contribution in [1.82, 2.24) is 5.32 Å². The van der Waals surface area contributed by atoms with E-state index in [2.05, 4.69) is 26.1 Å². The van der Waals surface area contributed by atoms with Gasteiger partial charge in [0.1, 0.15) is 0 Å². The number of hydrogen-bond donors (Lipinski definition) is 2. The Bertz CT molecular complexity index is 155. The zero-order valence-corrected chi connectivity index (χ0v) is 8.48. The lowest BCUT2D eigenvalue weighted by molar-refractivity contribution is -0.118. The van der Waals surface area contributed by atoms with E-state index in [0.717, 1.165) is 6.42 Å². The molecule has 3 N–H and O–H groups in total. The molecule has 0 aliphatic rings. The van der Waals surface area contributed by atoms with Gasteiger partial charge in [-0.05, 0) is 27.2 Å². The van der Waals surface area contributed by atoms with Crippen molar-refractivity contribution in [2.75, 3.05) is 0 Å². The van der Waals surface area contributed by atoms with Crippen LogP contribution in [0.4, 0.5) is 0 Å². The predicted molar refractivity (Wildman–Crippen MR) is 50.8 cm³/mol. The van der Waals surface area contributed by atoms with E-state index in [9.17, 15) is 4.79 Å². The minimum atomic E-state index is -0.248. The third kappa shape index (κ3) is 5.13. The Labute approximate surface area is 74.7 Å². The Morgan fingerprint density at radius 3 is 2.42 bits per heavy atom. The van der Waals surface area contributed by atoms with Gasteiger partial charge in [-0.15, -0.1) is 0 Å². The van der Waals surface area contributed by atoms with Gasteiger partial charge in [0.25, 0.3) is 0 Å². The second-order valence-electron chi connectivity index (χ2n) is 3.95. The Kier molecular flexibility index (Phi) is 4.24. The molecule has 0 spiro atoms. The van der Waals surface area contributed by atoms with Gasteiger partial charge in [0, 0.05) is 18.0 Å². The molecule has 72 valence electrons. The van der Waals surface area contributed by atoms with Crippen molar-refractivity contribution in [3.05, 3.63) is 0 Å². The summed E-state index contributed by atoms with van der Waals surface area (Å²) >= 11 is 0. The van der Waals surface area contributed by atoms with Crippen LogP contribution in [0.2, 0.25) is 0 Å². The number of amides is 1. The summed E-state index contributed by atoms with van der Waals surface area (Å²) in [6.45, 7) is 8.32. The zero-order valence-electron chi connectivity index (χ0n) is 8.48. The molecular weight excluding hydrogens is 152 g/mol. The van der Waals surface area contributed by atoms with Crippen LogP contribution in [0, 0.1) is 0 Å². The topological polar surface area (TPSA) is 55.1 Å². The number of rotatable bonds is 5. The summed E-state index contributed by atoms with van der Waals surface area (Å²) in [6.07, 6.45) is 1.44. The van der Waals surface area contributed by atoms with Gasteiger partial charge in [-0.25, -0.2) is 0 Å². The molecule has 0 fully saturated rings. The first-order chi connectivity index (χ1) is 5.37. The van der Waals surface area contributed by atoms with Crippen LogP contribution < -0.4 is 11.1 Å². The molecule has 12 heavy (non-hydrogen) atoms. The highest BCUT2D eigenvalue weighted by Gasteiger charge is 2.17. The first kappa shape index (κ1) is 11.4. The maximum absolute atomic E-state index is 10.6. The zero-order chi connectivity index (χ0) is 9.78. The number of nitrogens with two attached hydrogens (primary N) is 1. The lowest BCUT2D eigenvalue weighted by Gasteiger charge is -2.28. The van der Waals surface area contributed by atoms with Crippen LogP contribution in [0.3, 0.4) is 0 Å². The van der Waals surface area contributed by atoms with Crippen LogP contribution in [0.25, 0.3) is 0 Å². The molecule has 0 bridgehead atoms. The van der Waals surface area contributed by atoms with Gasteiger partial charge < -0.3 is 11.1 Å². The van der Waals surface area contributed by atoms with Crippen LogP contribution in [0.1, 0.15) is 40.5 Å². The molecule has 0 radical (unpaired) electrons. The fourth-order valence-electron chi connectivity index (χ4n) is 1.12. The SMILES string of the molecule is CCC(C)(C)NC(C)CC(N)=O. The van der Waals surface area contributed by atoms with Crippen molar-refractivity contribution in [2.45, 2.75) is 52.1 Å². The number of primary amides is 1. The summed E-state index contributed by atoms with van der Waals surface area (Å²) < 4.78 is 0. The summed E-state index contributed by atoms with van der Waals surface area (Å²) in [5.41, 5.74) is 5.17. The lowest BCUT2D eigenvalue weighted by Crippen LogP contribution is -2.45. The summed E-state index contributed by atoms with van der Waals surface area (Å²) in [6, 6.07) is 0.164. The molecular formula is C9H20N2O. The highest BCUT2D eigenvalue weighted by Crippen LogP contribution is 2.09. The van der Waals surface area contributed by atoms with Gasteiger partial charge in [-0.1, -0.05) is 6.92 Å². The third-order valence-corrected chi connectivity index (χ3v) is 2.03. The summed E-state index contributed by atoms with van der Waals surface area (Å²) in [4.78, 5) is 10.6. The molecule has 0 heterocycles. The number of nitrogens with one attached hydrogen (secondary N) is 1. The van der Waals surface area contributed by atoms with Crippen molar-refractivity contribution in [3.63, 3.8) is 0 Å². The predicted octanol–water partition coefficient (Wildman–Crippen LogP) is 1.03. The second-order valence-corrected chi connectivity index (χ2v) is 3.95. The van der Waals surface area contributed by atoms with E-state index in [0.29, 0.717) is 6.42 Å². The standard InChI is InChI=1S/C9H20N2O/c1-5-9(3,4)11-7(2)6-8(10)12/h7,11H,5-6H2,1-4H3,(H2,10,12). The molecule has 1 atom stereocenters. The molecule has 3 nitrogen and oxygen atoms in total. The molecule has 3 heteroatoms. The van der Waals surface area contributed by atoms with Gasteiger partial charge in [-0.2, -0.15) is 0 Å². The molecule has 1 amide bonds. The van der Waals surface area contributed by atoms with Crippen LogP contribution in [0.15, 0.2) is 0 Å². The minimum Gasteiger partial charge on any atom is -0.370 e. The maximum atomic E-state index is 10.6. The molecule has 0 rings (SSSR count). The normalized spacial score (nSPS) is 14.3. The van der Waals surface area contributed by atoms with Crippen LogP contribution in [-0.4, -0.2) is 17.5 Å². The average Bonchev–Trinajstić information content (AvgIpc) is 1.84. The molecule has 0 aliphatic carbocycles. The first-order valence-corrected chi connectivity index (χ1v) is 4.43. The van der Waals surface area contributed by atoms with Crippen molar-refractivity contribution >= 4 is 5.91 Å². The van der Waals surface area contributed by atoms with E-state index in [1.54, 1.807) is 0 Å². The molecule has 0 aliphatic heterocycles. The van der Waals surface area contributed by atoms with Crippen molar-refractivity contribution in [2.24, 2.45) is 5.73 Å². The van der Waals surface area contributed by atoms with Crippen molar-refractivity contribution in [1.29, 1.82) is 0 Å². The number of carbonyl (C=O) groups is 1. The van der Waals surface area contributed by atoms with Crippen LogP contribution in [0.5, 0.6) is 0 Å². The maximum Gasteiger partial charge on any atom is 0.218 e. The second kappa shape index (κ2) is 4.45. The Balaban J connectivity index is 3.83. The van der Waals surface area contributed by atoms with Gasteiger partial charge in [0.15, 0.2) is 0 Å². The fourth-order valence-corrected chi connectivity index (χ4v) is 1.12.